The van der Waals surface area contributed by atoms with Crippen LogP contribution in [0.25, 0.3) is 0 Å². The highest BCUT2D eigenvalue weighted by molar-refractivity contribution is 5.27. The van der Waals surface area contributed by atoms with Crippen LogP contribution in [0.5, 0.6) is 12.0 Å². The van der Waals surface area contributed by atoms with Gasteiger partial charge in [0.15, 0.2) is 0 Å². The van der Waals surface area contributed by atoms with Crippen LogP contribution >= 0.6 is 0 Å². The van der Waals surface area contributed by atoms with Gasteiger partial charge in [-0.25, -0.2) is 0 Å². The van der Waals surface area contributed by atoms with Gasteiger partial charge < -0.3 is 24.3 Å². The summed E-state index contributed by atoms with van der Waals surface area (Å²) in [6.07, 6.45) is 0.746. The molecule has 120 valence electrons. The van der Waals surface area contributed by atoms with Crippen LogP contribution in [0.3, 0.4) is 0 Å². The highest BCUT2D eigenvalue weighted by Crippen LogP contribution is 2.13. The molecular formula is C13H24N4O4. The topological polar surface area (TPSA) is 87.6 Å². The summed E-state index contributed by atoms with van der Waals surface area (Å²) >= 11 is 0. The minimum absolute atomic E-state index is 0.251. The van der Waals surface area contributed by atoms with E-state index in [0.29, 0.717) is 45.5 Å². The number of methoxy groups -OCH3 is 1. The maximum absolute atomic E-state index is 5.49. The van der Waals surface area contributed by atoms with Gasteiger partial charge in [0.25, 0.3) is 0 Å². The molecule has 0 aliphatic rings. The van der Waals surface area contributed by atoms with Gasteiger partial charge in [0.1, 0.15) is 0 Å². The maximum Gasteiger partial charge on any atom is 0.324 e. The van der Waals surface area contributed by atoms with Crippen molar-refractivity contribution >= 4 is 5.95 Å². The Hall–Kier alpha value is -1.67. The standard InChI is InChI=1S/C13H24N4O4/c1-4-14-11-15-12(20-5-2)17-13(16-11)21-8-6-7-19-10-9-18-3/h4-10H2,1-3H3,(H,14,15,16,17). The summed E-state index contributed by atoms with van der Waals surface area (Å²) in [4.78, 5) is 12.4. The second kappa shape index (κ2) is 11.0. The number of ether oxygens (including phenoxy) is 4. The predicted molar refractivity (Wildman–Crippen MR) is 78.0 cm³/mol. The van der Waals surface area contributed by atoms with Gasteiger partial charge in [0.05, 0.1) is 26.4 Å². The van der Waals surface area contributed by atoms with Crippen molar-refractivity contribution in [2.75, 3.05) is 52.0 Å². The number of hydrogen-bond acceptors (Lipinski definition) is 8. The molecule has 0 unspecified atom stereocenters. The smallest absolute Gasteiger partial charge is 0.324 e. The molecule has 1 aromatic rings. The lowest BCUT2D eigenvalue weighted by atomic mass is 10.5. The van der Waals surface area contributed by atoms with Crippen LogP contribution in [-0.2, 0) is 9.47 Å². The number of aromatic nitrogens is 3. The van der Waals surface area contributed by atoms with Crippen molar-refractivity contribution < 1.29 is 18.9 Å². The summed E-state index contributed by atoms with van der Waals surface area (Å²) in [5, 5.41) is 3.01. The Morgan fingerprint density at radius 1 is 0.905 bits per heavy atom. The summed E-state index contributed by atoms with van der Waals surface area (Å²) < 4.78 is 21.0. The molecule has 0 atom stereocenters. The van der Waals surface area contributed by atoms with Gasteiger partial charge in [0.2, 0.25) is 5.95 Å². The Kier molecular flexibility index (Phi) is 9.14. The average molecular weight is 300 g/mol. The van der Waals surface area contributed by atoms with Gasteiger partial charge in [-0.05, 0) is 13.8 Å². The van der Waals surface area contributed by atoms with E-state index in [4.69, 9.17) is 18.9 Å². The SMILES string of the molecule is CCNc1nc(OCC)nc(OCCCOCCOC)n1. The molecule has 0 fully saturated rings. The van der Waals surface area contributed by atoms with Crippen LogP contribution in [0.1, 0.15) is 20.3 Å². The Balaban J connectivity index is 2.38. The van der Waals surface area contributed by atoms with E-state index < -0.39 is 0 Å². The molecule has 1 rings (SSSR count). The minimum Gasteiger partial charge on any atom is -0.464 e. The fourth-order valence-electron chi connectivity index (χ4n) is 1.40. The van der Waals surface area contributed by atoms with E-state index in [2.05, 4.69) is 20.3 Å². The molecule has 0 aromatic carbocycles. The van der Waals surface area contributed by atoms with E-state index in [0.717, 1.165) is 6.42 Å². The van der Waals surface area contributed by atoms with Crippen LogP contribution in [0.15, 0.2) is 0 Å². The number of hydrogen-bond donors (Lipinski definition) is 1. The Morgan fingerprint density at radius 3 is 2.33 bits per heavy atom. The molecule has 1 heterocycles. The second-order valence-electron chi connectivity index (χ2n) is 3.99. The molecule has 0 aliphatic carbocycles. The predicted octanol–water partition coefficient (Wildman–Crippen LogP) is 1.13. The molecule has 0 bridgehead atoms. The largest absolute Gasteiger partial charge is 0.464 e. The van der Waals surface area contributed by atoms with E-state index >= 15 is 0 Å². The van der Waals surface area contributed by atoms with Gasteiger partial charge in [0, 0.05) is 26.7 Å². The van der Waals surface area contributed by atoms with E-state index in [1.54, 1.807) is 7.11 Å². The zero-order valence-electron chi connectivity index (χ0n) is 12.9. The molecule has 8 heteroatoms. The first-order chi connectivity index (χ1) is 10.3. The molecule has 0 aliphatic heterocycles. The fourth-order valence-corrected chi connectivity index (χ4v) is 1.40. The van der Waals surface area contributed by atoms with E-state index in [1.165, 1.54) is 0 Å². The van der Waals surface area contributed by atoms with Gasteiger partial charge in [-0.15, -0.1) is 4.98 Å². The summed E-state index contributed by atoms with van der Waals surface area (Å²) in [7, 11) is 1.64. The Labute approximate surface area is 125 Å². The third kappa shape index (κ3) is 7.62. The highest BCUT2D eigenvalue weighted by Gasteiger charge is 2.07. The van der Waals surface area contributed by atoms with Gasteiger partial charge in [-0.2, -0.15) is 9.97 Å². The van der Waals surface area contributed by atoms with Crippen molar-refractivity contribution in [2.24, 2.45) is 0 Å². The lowest BCUT2D eigenvalue weighted by Crippen LogP contribution is -2.11. The van der Waals surface area contributed by atoms with Crippen molar-refractivity contribution in [1.82, 2.24) is 15.0 Å². The van der Waals surface area contributed by atoms with Crippen molar-refractivity contribution in [1.29, 1.82) is 0 Å². The van der Waals surface area contributed by atoms with Gasteiger partial charge in [-0.3, -0.25) is 0 Å². The number of anilines is 1. The maximum atomic E-state index is 5.49. The lowest BCUT2D eigenvalue weighted by molar-refractivity contribution is 0.0638. The van der Waals surface area contributed by atoms with Gasteiger partial charge >= 0.3 is 12.0 Å². The van der Waals surface area contributed by atoms with Crippen molar-refractivity contribution in [2.45, 2.75) is 20.3 Å². The van der Waals surface area contributed by atoms with Crippen molar-refractivity contribution in [3.8, 4) is 12.0 Å². The summed E-state index contributed by atoms with van der Waals surface area (Å²) in [6.45, 7) is 7.28. The van der Waals surface area contributed by atoms with E-state index in [-0.39, 0.29) is 12.0 Å². The molecule has 8 nitrogen and oxygen atoms in total. The summed E-state index contributed by atoms with van der Waals surface area (Å²) in [6, 6.07) is 0.510. The molecule has 0 saturated carbocycles. The first-order valence-electron chi connectivity index (χ1n) is 7.12. The van der Waals surface area contributed by atoms with Gasteiger partial charge in [-0.1, -0.05) is 0 Å². The average Bonchev–Trinajstić information content (AvgIpc) is 2.47. The summed E-state index contributed by atoms with van der Waals surface area (Å²) in [5.74, 6) is 0.447. The first kappa shape index (κ1) is 17.4. The third-order valence-corrected chi connectivity index (χ3v) is 2.30. The summed E-state index contributed by atoms with van der Waals surface area (Å²) in [5.41, 5.74) is 0. The minimum atomic E-state index is 0.251. The fraction of sp³-hybridized carbons (Fsp3) is 0.769. The van der Waals surface area contributed by atoms with Crippen LogP contribution in [0.4, 0.5) is 5.95 Å². The van der Waals surface area contributed by atoms with E-state index in [9.17, 15) is 0 Å². The number of nitrogens with zero attached hydrogens (tertiary/aromatic N) is 3. The zero-order chi connectivity index (χ0) is 15.3. The second-order valence-corrected chi connectivity index (χ2v) is 3.99. The number of rotatable bonds is 12. The first-order valence-corrected chi connectivity index (χ1v) is 7.12. The van der Waals surface area contributed by atoms with Crippen LogP contribution in [-0.4, -0.2) is 61.6 Å². The van der Waals surface area contributed by atoms with Crippen molar-refractivity contribution in [3.05, 3.63) is 0 Å². The molecule has 0 radical (unpaired) electrons. The molecule has 0 saturated heterocycles. The van der Waals surface area contributed by atoms with E-state index in [1.807, 2.05) is 13.8 Å². The molecule has 0 amide bonds. The number of nitrogens with one attached hydrogen (secondary N) is 1. The zero-order valence-corrected chi connectivity index (χ0v) is 12.9. The lowest BCUT2D eigenvalue weighted by Gasteiger charge is -2.09. The quantitative estimate of drug-likeness (QED) is 0.575. The van der Waals surface area contributed by atoms with Crippen LogP contribution in [0.2, 0.25) is 0 Å². The molecule has 0 spiro atoms. The Morgan fingerprint density at radius 2 is 1.67 bits per heavy atom. The molecular weight excluding hydrogens is 276 g/mol. The van der Waals surface area contributed by atoms with Crippen molar-refractivity contribution in [3.63, 3.8) is 0 Å². The highest BCUT2D eigenvalue weighted by atomic mass is 16.5. The molecule has 21 heavy (non-hydrogen) atoms. The Bertz CT molecular complexity index is 368. The third-order valence-electron chi connectivity index (χ3n) is 2.30. The molecule has 1 aromatic heterocycles. The normalized spacial score (nSPS) is 10.4. The van der Waals surface area contributed by atoms with Crippen LogP contribution in [0, 0.1) is 0 Å². The van der Waals surface area contributed by atoms with Crippen LogP contribution < -0.4 is 14.8 Å². The monoisotopic (exact) mass is 300 g/mol. The molecule has 1 N–H and O–H groups in total.